The standard InChI is InChI=1S/C15H21NO4/c1-10-4-6-11(7-5-10)14(20)12(8-13(18)19)16-15(2,3)9-17/h4-7,12,16-17H,8-9H2,1-3H3,(H,18,19). The summed E-state index contributed by atoms with van der Waals surface area (Å²) in [5.41, 5.74) is 0.767. The molecule has 0 fully saturated rings. The van der Waals surface area contributed by atoms with Gasteiger partial charge in [0.05, 0.1) is 19.1 Å². The predicted molar refractivity (Wildman–Crippen MR) is 75.9 cm³/mol. The van der Waals surface area contributed by atoms with Crippen LogP contribution in [0.15, 0.2) is 24.3 Å². The third-order valence-electron chi connectivity index (χ3n) is 2.99. The minimum Gasteiger partial charge on any atom is -0.481 e. The highest BCUT2D eigenvalue weighted by molar-refractivity contribution is 6.01. The summed E-state index contributed by atoms with van der Waals surface area (Å²) in [6.45, 7) is 5.15. The van der Waals surface area contributed by atoms with Crippen molar-refractivity contribution in [3.63, 3.8) is 0 Å². The lowest BCUT2D eigenvalue weighted by Gasteiger charge is -2.28. The molecule has 20 heavy (non-hydrogen) atoms. The van der Waals surface area contributed by atoms with Crippen molar-refractivity contribution in [2.45, 2.75) is 38.8 Å². The average Bonchev–Trinajstić information content (AvgIpc) is 2.37. The molecule has 0 saturated heterocycles. The van der Waals surface area contributed by atoms with Gasteiger partial charge in [0.1, 0.15) is 0 Å². The van der Waals surface area contributed by atoms with Crippen molar-refractivity contribution in [2.24, 2.45) is 0 Å². The molecule has 0 heterocycles. The summed E-state index contributed by atoms with van der Waals surface area (Å²) >= 11 is 0. The lowest BCUT2D eigenvalue weighted by molar-refractivity contribution is -0.137. The van der Waals surface area contributed by atoms with Gasteiger partial charge >= 0.3 is 5.97 Å². The number of aliphatic hydroxyl groups is 1. The SMILES string of the molecule is Cc1ccc(C(=O)C(CC(=O)O)NC(C)(C)CO)cc1. The Morgan fingerprint density at radius 1 is 1.25 bits per heavy atom. The highest BCUT2D eigenvalue weighted by atomic mass is 16.4. The first-order valence-electron chi connectivity index (χ1n) is 6.46. The van der Waals surface area contributed by atoms with Gasteiger partial charge in [0.2, 0.25) is 0 Å². The molecule has 1 aromatic carbocycles. The number of ketones is 1. The number of benzene rings is 1. The summed E-state index contributed by atoms with van der Waals surface area (Å²) < 4.78 is 0. The molecule has 1 rings (SSSR count). The van der Waals surface area contributed by atoms with E-state index < -0.39 is 17.6 Å². The van der Waals surface area contributed by atoms with Gasteiger partial charge in [-0.15, -0.1) is 0 Å². The van der Waals surface area contributed by atoms with Crippen LogP contribution in [0.4, 0.5) is 0 Å². The summed E-state index contributed by atoms with van der Waals surface area (Å²) in [6.07, 6.45) is -0.323. The highest BCUT2D eigenvalue weighted by Gasteiger charge is 2.28. The first kappa shape index (κ1) is 16.3. The number of carboxylic acid groups (broad SMARTS) is 1. The van der Waals surface area contributed by atoms with E-state index in [1.54, 1.807) is 26.0 Å². The van der Waals surface area contributed by atoms with Gasteiger partial charge in [-0.25, -0.2) is 0 Å². The lowest BCUT2D eigenvalue weighted by Crippen LogP contribution is -2.52. The van der Waals surface area contributed by atoms with Crippen LogP contribution in [0.1, 0.15) is 36.2 Å². The Bertz CT molecular complexity index is 479. The van der Waals surface area contributed by atoms with E-state index in [2.05, 4.69) is 5.32 Å². The maximum absolute atomic E-state index is 12.4. The molecule has 0 saturated carbocycles. The molecule has 0 aliphatic rings. The topological polar surface area (TPSA) is 86.6 Å². The summed E-state index contributed by atoms with van der Waals surface area (Å²) in [6, 6.07) is 6.11. The van der Waals surface area contributed by atoms with E-state index in [9.17, 15) is 14.7 Å². The number of aliphatic carboxylic acids is 1. The quantitative estimate of drug-likeness (QED) is 0.656. The number of hydrogen-bond donors (Lipinski definition) is 3. The van der Waals surface area contributed by atoms with Crippen LogP contribution in [0, 0.1) is 6.92 Å². The average molecular weight is 279 g/mol. The first-order valence-corrected chi connectivity index (χ1v) is 6.46. The van der Waals surface area contributed by atoms with Crippen LogP contribution in [0.25, 0.3) is 0 Å². The van der Waals surface area contributed by atoms with Crippen molar-refractivity contribution >= 4 is 11.8 Å². The molecule has 0 bridgehead atoms. The van der Waals surface area contributed by atoms with E-state index in [4.69, 9.17) is 5.11 Å². The number of carbonyl (C=O) groups excluding carboxylic acids is 1. The molecule has 0 spiro atoms. The Kier molecular flexibility index (Phi) is 5.42. The number of nitrogens with one attached hydrogen (secondary N) is 1. The van der Waals surface area contributed by atoms with Gasteiger partial charge in [-0.3, -0.25) is 14.9 Å². The lowest BCUT2D eigenvalue weighted by atomic mass is 9.97. The van der Waals surface area contributed by atoms with E-state index in [1.807, 2.05) is 19.1 Å². The number of carboxylic acids is 1. The molecule has 1 unspecified atom stereocenters. The summed E-state index contributed by atoms with van der Waals surface area (Å²) in [5.74, 6) is -1.34. The fraction of sp³-hybridized carbons (Fsp3) is 0.467. The van der Waals surface area contributed by atoms with E-state index >= 15 is 0 Å². The smallest absolute Gasteiger partial charge is 0.305 e. The van der Waals surface area contributed by atoms with Crippen LogP contribution in [-0.2, 0) is 4.79 Å². The van der Waals surface area contributed by atoms with Crippen LogP contribution in [0.2, 0.25) is 0 Å². The fourth-order valence-electron chi connectivity index (χ4n) is 1.82. The largest absolute Gasteiger partial charge is 0.481 e. The zero-order chi connectivity index (χ0) is 15.3. The number of Topliss-reactive ketones (excluding diaryl/α,β-unsaturated/α-hetero) is 1. The van der Waals surface area contributed by atoms with Gasteiger partial charge in [0, 0.05) is 11.1 Å². The number of rotatable bonds is 7. The molecular formula is C15H21NO4. The third-order valence-corrected chi connectivity index (χ3v) is 2.99. The third kappa shape index (κ3) is 4.75. The molecule has 0 aliphatic heterocycles. The maximum Gasteiger partial charge on any atom is 0.305 e. The van der Waals surface area contributed by atoms with Gasteiger partial charge in [0.25, 0.3) is 0 Å². The molecule has 5 nitrogen and oxygen atoms in total. The van der Waals surface area contributed by atoms with Crippen LogP contribution < -0.4 is 5.32 Å². The van der Waals surface area contributed by atoms with E-state index in [-0.39, 0.29) is 18.8 Å². The first-order chi connectivity index (χ1) is 9.25. The number of aliphatic hydroxyl groups excluding tert-OH is 1. The monoisotopic (exact) mass is 279 g/mol. The predicted octanol–water partition coefficient (Wildman–Crippen LogP) is 1.38. The second-order valence-electron chi connectivity index (χ2n) is 5.57. The van der Waals surface area contributed by atoms with Crippen LogP contribution in [0.5, 0.6) is 0 Å². The van der Waals surface area contributed by atoms with Gasteiger partial charge in [-0.05, 0) is 20.8 Å². The van der Waals surface area contributed by atoms with Crippen LogP contribution in [0.3, 0.4) is 0 Å². The Morgan fingerprint density at radius 3 is 2.25 bits per heavy atom. The highest BCUT2D eigenvalue weighted by Crippen LogP contribution is 2.12. The Labute approximate surface area is 118 Å². The molecular weight excluding hydrogens is 258 g/mol. The maximum atomic E-state index is 12.4. The second-order valence-corrected chi connectivity index (χ2v) is 5.57. The summed E-state index contributed by atoms with van der Waals surface area (Å²) in [4.78, 5) is 23.3. The minimum atomic E-state index is -1.06. The molecule has 1 atom stereocenters. The van der Waals surface area contributed by atoms with Crippen molar-refractivity contribution in [1.82, 2.24) is 5.32 Å². The van der Waals surface area contributed by atoms with Gasteiger partial charge in [-0.2, -0.15) is 0 Å². The van der Waals surface area contributed by atoms with Crippen molar-refractivity contribution in [2.75, 3.05) is 6.61 Å². The van der Waals surface area contributed by atoms with Gasteiger partial charge in [0.15, 0.2) is 5.78 Å². The van der Waals surface area contributed by atoms with Crippen LogP contribution in [-0.4, -0.2) is 40.2 Å². The minimum absolute atomic E-state index is 0.190. The van der Waals surface area contributed by atoms with Crippen molar-refractivity contribution in [1.29, 1.82) is 0 Å². The number of carbonyl (C=O) groups is 2. The van der Waals surface area contributed by atoms with Crippen molar-refractivity contribution in [3.8, 4) is 0 Å². The molecule has 110 valence electrons. The summed E-state index contributed by atoms with van der Waals surface area (Å²) in [5, 5.41) is 21.1. The van der Waals surface area contributed by atoms with E-state index in [1.165, 1.54) is 0 Å². The summed E-state index contributed by atoms with van der Waals surface area (Å²) in [7, 11) is 0. The zero-order valence-electron chi connectivity index (χ0n) is 12.0. The Hall–Kier alpha value is -1.72. The molecule has 3 N–H and O–H groups in total. The fourth-order valence-corrected chi connectivity index (χ4v) is 1.82. The van der Waals surface area contributed by atoms with Gasteiger partial charge < -0.3 is 10.2 Å². The van der Waals surface area contributed by atoms with E-state index in [0.29, 0.717) is 5.56 Å². The van der Waals surface area contributed by atoms with E-state index in [0.717, 1.165) is 5.56 Å². The normalized spacial score (nSPS) is 13.0. The van der Waals surface area contributed by atoms with Gasteiger partial charge in [-0.1, -0.05) is 29.8 Å². The van der Waals surface area contributed by atoms with Crippen molar-refractivity contribution < 1.29 is 19.8 Å². The van der Waals surface area contributed by atoms with Crippen LogP contribution >= 0.6 is 0 Å². The molecule has 0 aromatic heterocycles. The number of hydrogen-bond acceptors (Lipinski definition) is 4. The second kappa shape index (κ2) is 6.63. The molecule has 1 aromatic rings. The Balaban J connectivity index is 2.95. The van der Waals surface area contributed by atoms with Crippen molar-refractivity contribution in [3.05, 3.63) is 35.4 Å². The Morgan fingerprint density at radius 2 is 1.80 bits per heavy atom. The molecule has 0 amide bonds. The molecule has 5 heteroatoms. The molecule has 0 radical (unpaired) electrons. The zero-order valence-corrected chi connectivity index (χ0v) is 12.0. The molecule has 0 aliphatic carbocycles. The number of aryl methyl sites for hydroxylation is 1.